The fraction of sp³-hybridized carbons (Fsp3) is 1.00. The first-order valence-corrected chi connectivity index (χ1v) is 4.52. The van der Waals surface area contributed by atoms with Gasteiger partial charge in [0.05, 0.1) is 12.2 Å². The number of hydrogen-bond donors (Lipinski definition) is 0. The Kier molecular flexibility index (Phi) is 3.87. The first-order valence-electron chi connectivity index (χ1n) is 4.52. The van der Waals surface area contributed by atoms with Gasteiger partial charge in [0.25, 0.3) is 0 Å². The molecule has 2 heteroatoms. The molecule has 2 aliphatic heterocycles. The highest BCUT2D eigenvalue weighted by Gasteiger charge is 2.09. The van der Waals surface area contributed by atoms with Crippen LogP contribution in [0.1, 0.15) is 33.1 Å². The summed E-state index contributed by atoms with van der Waals surface area (Å²) in [4.78, 5) is 0. The van der Waals surface area contributed by atoms with E-state index < -0.39 is 0 Å². The van der Waals surface area contributed by atoms with Gasteiger partial charge >= 0.3 is 0 Å². The number of hydrogen-bond acceptors (Lipinski definition) is 2. The third-order valence-electron chi connectivity index (χ3n) is 2.08. The molecule has 0 aliphatic carbocycles. The Labute approximate surface area is 68.9 Å². The molecule has 66 valence electrons. The van der Waals surface area contributed by atoms with Gasteiger partial charge in [-0.2, -0.15) is 0 Å². The topological polar surface area (TPSA) is 18.5 Å². The zero-order valence-electron chi connectivity index (χ0n) is 7.51. The summed E-state index contributed by atoms with van der Waals surface area (Å²) in [5, 5.41) is 0. The fourth-order valence-corrected chi connectivity index (χ4v) is 1.09. The van der Waals surface area contributed by atoms with Crippen LogP contribution in [0.3, 0.4) is 0 Å². The Bertz CT molecular complexity index is 93.7. The van der Waals surface area contributed by atoms with Gasteiger partial charge in [0.2, 0.25) is 0 Å². The van der Waals surface area contributed by atoms with Crippen LogP contribution in [-0.2, 0) is 9.47 Å². The van der Waals surface area contributed by atoms with Crippen molar-refractivity contribution < 1.29 is 9.47 Å². The van der Waals surface area contributed by atoms with Crippen LogP contribution >= 0.6 is 0 Å². The lowest BCUT2D eigenvalue weighted by molar-refractivity contribution is -0.0375. The molecular formula is C9H18O2. The van der Waals surface area contributed by atoms with E-state index in [-0.39, 0.29) is 0 Å². The van der Waals surface area contributed by atoms with Crippen molar-refractivity contribution in [2.75, 3.05) is 13.2 Å². The molecule has 11 heavy (non-hydrogen) atoms. The molecule has 2 heterocycles. The molecule has 0 N–H and O–H groups in total. The summed E-state index contributed by atoms with van der Waals surface area (Å²) in [5.41, 5.74) is 0. The normalized spacial score (nSPS) is 35.5. The van der Waals surface area contributed by atoms with Crippen LogP contribution in [0.4, 0.5) is 0 Å². The summed E-state index contributed by atoms with van der Waals surface area (Å²) < 4.78 is 10.1. The average Bonchev–Trinajstić information content (AvgIpc) is 2.36. The van der Waals surface area contributed by atoms with E-state index in [1.54, 1.807) is 0 Å². The van der Waals surface area contributed by atoms with E-state index in [0.29, 0.717) is 12.2 Å². The van der Waals surface area contributed by atoms with Crippen LogP contribution < -0.4 is 0 Å². The smallest absolute Gasteiger partial charge is 0.0568 e. The predicted molar refractivity (Wildman–Crippen MR) is 44.7 cm³/mol. The van der Waals surface area contributed by atoms with Gasteiger partial charge in [0.15, 0.2) is 0 Å². The third kappa shape index (κ3) is 3.73. The van der Waals surface area contributed by atoms with E-state index in [0.717, 1.165) is 13.2 Å². The Morgan fingerprint density at radius 3 is 1.55 bits per heavy atom. The molecule has 2 rings (SSSR count). The van der Waals surface area contributed by atoms with E-state index in [2.05, 4.69) is 13.8 Å². The Morgan fingerprint density at radius 2 is 1.45 bits per heavy atom. The Morgan fingerprint density at radius 1 is 0.909 bits per heavy atom. The van der Waals surface area contributed by atoms with E-state index >= 15 is 0 Å². The van der Waals surface area contributed by atoms with Gasteiger partial charge in [-0.05, 0) is 33.1 Å². The molecular weight excluding hydrogens is 140 g/mol. The van der Waals surface area contributed by atoms with Crippen LogP contribution in [-0.4, -0.2) is 25.4 Å². The van der Waals surface area contributed by atoms with E-state index in [9.17, 15) is 0 Å². The van der Waals surface area contributed by atoms with Crippen LogP contribution in [0, 0.1) is 0 Å². The molecule has 2 atom stereocenters. The summed E-state index contributed by atoms with van der Waals surface area (Å²) in [6, 6.07) is 0. The van der Waals surface area contributed by atoms with Crippen LogP contribution in [0.5, 0.6) is 0 Å². The molecule has 2 unspecified atom stereocenters. The van der Waals surface area contributed by atoms with Crippen molar-refractivity contribution in [3.05, 3.63) is 0 Å². The van der Waals surface area contributed by atoms with Gasteiger partial charge in [-0.1, -0.05) is 0 Å². The van der Waals surface area contributed by atoms with Gasteiger partial charge in [0.1, 0.15) is 0 Å². The molecule has 2 aliphatic rings. The summed E-state index contributed by atoms with van der Waals surface area (Å²) >= 11 is 0. The van der Waals surface area contributed by atoms with Crippen molar-refractivity contribution >= 4 is 0 Å². The van der Waals surface area contributed by atoms with Crippen LogP contribution in [0.15, 0.2) is 0 Å². The molecule has 0 bridgehead atoms. The van der Waals surface area contributed by atoms with Crippen molar-refractivity contribution in [2.24, 2.45) is 0 Å². The molecule has 0 amide bonds. The van der Waals surface area contributed by atoms with Gasteiger partial charge < -0.3 is 9.47 Å². The number of ether oxygens (including phenoxy) is 2. The standard InChI is InChI=1S/C5H10O.C4H8O/c1-5-3-2-4-6-5;1-4-2-3-5-4/h5H,2-4H2,1H3;4H,2-3H2,1H3. The van der Waals surface area contributed by atoms with Crippen molar-refractivity contribution in [3.63, 3.8) is 0 Å². The van der Waals surface area contributed by atoms with Gasteiger partial charge in [0, 0.05) is 13.2 Å². The lowest BCUT2D eigenvalue weighted by Gasteiger charge is -2.20. The molecule has 0 radical (unpaired) electrons. The van der Waals surface area contributed by atoms with Crippen LogP contribution in [0.2, 0.25) is 0 Å². The van der Waals surface area contributed by atoms with Crippen molar-refractivity contribution in [3.8, 4) is 0 Å². The second-order valence-electron chi connectivity index (χ2n) is 3.29. The zero-order valence-corrected chi connectivity index (χ0v) is 7.51. The molecule has 2 saturated heterocycles. The minimum absolute atomic E-state index is 0.546. The van der Waals surface area contributed by atoms with E-state index in [1.165, 1.54) is 19.3 Å². The zero-order chi connectivity index (χ0) is 8.10. The van der Waals surface area contributed by atoms with E-state index in [1.807, 2.05) is 0 Å². The molecule has 0 spiro atoms. The molecule has 2 fully saturated rings. The first-order chi connectivity index (χ1) is 5.29. The van der Waals surface area contributed by atoms with Crippen LogP contribution in [0.25, 0.3) is 0 Å². The summed E-state index contributed by atoms with van der Waals surface area (Å²) in [6.07, 6.45) is 4.90. The minimum atomic E-state index is 0.546. The average molecular weight is 158 g/mol. The largest absolute Gasteiger partial charge is 0.379 e. The van der Waals surface area contributed by atoms with Gasteiger partial charge in [-0.3, -0.25) is 0 Å². The highest BCUT2D eigenvalue weighted by molar-refractivity contribution is 4.57. The number of rotatable bonds is 0. The molecule has 2 nitrogen and oxygen atoms in total. The maximum Gasteiger partial charge on any atom is 0.0568 e. The Balaban J connectivity index is 0.000000112. The molecule has 0 saturated carbocycles. The first kappa shape index (κ1) is 9.01. The monoisotopic (exact) mass is 158 g/mol. The van der Waals surface area contributed by atoms with Gasteiger partial charge in [-0.15, -0.1) is 0 Å². The predicted octanol–water partition coefficient (Wildman–Crippen LogP) is 1.98. The summed E-state index contributed by atoms with van der Waals surface area (Å²) in [6.45, 7) is 6.18. The maximum absolute atomic E-state index is 5.15. The van der Waals surface area contributed by atoms with Crippen molar-refractivity contribution in [1.82, 2.24) is 0 Å². The fourth-order valence-electron chi connectivity index (χ4n) is 1.09. The SMILES string of the molecule is CC1CCCO1.CC1CCO1. The third-order valence-corrected chi connectivity index (χ3v) is 2.08. The second kappa shape index (κ2) is 4.73. The quantitative estimate of drug-likeness (QED) is 0.536. The minimum Gasteiger partial charge on any atom is -0.379 e. The Hall–Kier alpha value is -0.0800. The highest BCUT2D eigenvalue weighted by atomic mass is 16.5. The van der Waals surface area contributed by atoms with Gasteiger partial charge in [-0.25, -0.2) is 0 Å². The summed E-state index contributed by atoms with van der Waals surface area (Å²) in [5.74, 6) is 0. The lowest BCUT2D eigenvalue weighted by atomic mass is 10.2. The van der Waals surface area contributed by atoms with Crippen molar-refractivity contribution in [1.29, 1.82) is 0 Å². The molecule has 0 aromatic heterocycles. The lowest BCUT2D eigenvalue weighted by Crippen LogP contribution is -2.22. The highest BCUT2D eigenvalue weighted by Crippen LogP contribution is 2.09. The molecule has 0 aromatic carbocycles. The maximum atomic E-state index is 5.15. The second-order valence-corrected chi connectivity index (χ2v) is 3.29. The summed E-state index contributed by atoms with van der Waals surface area (Å²) in [7, 11) is 0. The van der Waals surface area contributed by atoms with Crippen molar-refractivity contribution in [2.45, 2.75) is 45.3 Å². The van der Waals surface area contributed by atoms with E-state index in [4.69, 9.17) is 9.47 Å². The molecule has 0 aromatic rings.